The number of ketones is 1. The Balaban J connectivity index is 1.92. The second-order valence-corrected chi connectivity index (χ2v) is 5.50. The van der Waals surface area contributed by atoms with Gasteiger partial charge in [0, 0.05) is 18.5 Å². The molecule has 0 unspecified atom stereocenters. The maximum Gasteiger partial charge on any atom is 0.176 e. The molecule has 0 radical (unpaired) electrons. The zero-order valence-corrected chi connectivity index (χ0v) is 10.7. The molecule has 1 aliphatic rings. The molecule has 0 atom stereocenters. The number of hydrogen-bond acceptors (Lipinski definition) is 4. The van der Waals surface area contributed by atoms with E-state index in [-0.39, 0.29) is 22.8 Å². The van der Waals surface area contributed by atoms with Crippen molar-refractivity contribution in [3.63, 3.8) is 0 Å². The van der Waals surface area contributed by atoms with Crippen molar-refractivity contribution in [3.8, 4) is 5.75 Å². The molecule has 3 nitrogen and oxygen atoms in total. The lowest BCUT2D eigenvalue weighted by molar-refractivity contribution is 0.0987. The highest BCUT2D eigenvalue weighted by atomic mass is 32.2. The summed E-state index contributed by atoms with van der Waals surface area (Å²) >= 11 is 1.55. The number of thioether (sulfide) groups is 1. The van der Waals surface area contributed by atoms with Crippen molar-refractivity contribution in [3.05, 3.63) is 29.6 Å². The van der Waals surface area contributed by atoms with Gasteiger partial charge in [-0.3, -0.25) is 4.79 Å². The minimum absolute atomic E-state index is 0.0644. The first-order valence-electron chi connectivity index (χ1n) is 5.88. The van der Waals surface area contributed by atoms with E-state index >= 15 is 0 Å². The molecule has 1 fully saturated rings. The van der Waals surface area contributed by atoms with Crippen LogP contribution in [0.1, 0.15) is 23.2 Å². The number of benzene rings is 1. The number of halogens is 1. The van der Waals surface area contributed by atoms with Crippen LogP contribution in [0.4, 0.5) is 4.39 Å². The zero-order chi connectivity index (χ0) is 13.0. The number of phenolic OH excluding ortho intramolecular Hbond substituents is 1. The molecule has 0 saturated carbocycles. The van der Waals surface area contributed by atoms with Gasteiger partial charge in [-0.1, -0.05) is 0 Å². The molecule has 0 bridgehead atoms. The van der Waals surface area contributed by atoms with E-state index in [1.54, 1.807) is 11.8 Å². The highest BCUT2D eigenvalue weighted by Gasteiger charge is 2.18. The average molecular weight is 270 g/mol. The molecular formula is C13H15FO3S. The Morgan fingerprint density at radius 3 is 2.89 bits per heavy atom. The van der Waals surface area contributed by atoms with E-state index in [4.69, 9.17) is 4.74 Å². The van der Waals surface area contributed by atoms with Gasteiger partial charge in [0.25, 0.3) is 0 Å². The Morgan fingerprint density at radius 1 is 1.44 bits per heavy atom. The standard InChI is InChI=1S/C13H15FO3S/c14-9-1-2-12(15)11(7-9)13(16)8-18-10-3-5-17-6-4-10/h1-2,7,10,15H,3-6,8H2. The number of hydrogen-bond donors (Lipinski definition) is 1. The summed E-state index contributed by atoms with van der Waals surface area (Å²) in [6.07, 6.45) is 1.88. The van der Waals surface area contributed by atoms with Crippen LogP contribution >= 0.6 is 11.8 Å². The number of rotatable bonds is 4. The molecule has 0 aromatic heterocycles. The SMILES string of the molecule is O=C(CSC1CCOCC1)c1cc(F)ccc1O. The van der Waals surface area contributed by atoms with E-state index in [1.165, 1.54) is 6.07 Å². The molecule has 1 aromatic rings. The smallest absolute Gasteiger partial charge is 0.176 e. The molecule has 18 heavy (non-hydrogen) atoms. The van der Waals surface area contributed by atoms with Gasteiger partial charge in [-0.15, -0.1) is 0 Å². The number of phenols is 1. The van der Waals surface area contributed by atoms with Crippen molar-refractivity contribution >= 4 is 17.5 Å². The lowest BCUT2D eigenvalue weighted by Gasteiger charge is -2.21. The monoisotopic (exact) mass is 270 g/mol. The third kappa shape index (κ3) is 3.46. The molecule has 0 aliphatic carbocycles. The molecule has 1 aromatic carbocycles. The predicted octanol–water partition coefficient (Wildman–Crippen LogP) is 2.63. The Hall–Kier alpha value is -1.07. The van der Waals surface area contributed by atoms with E-state index in [9.17, 15) is 14.3 Å². The first-order valence-corrected chi connectivity index (χ1v) is 6.93. The van der Waals surface area contributed by atoms with E-state index < -0.39 is 5.82 Å². The molecule has 98 valence electrons. The first kappa shape index (κ1) is 13.4. The minimum atomic E-state index is -0.507. The third-order valence-corrected chi connectivity index (χ3v) is 4.25. The lowest BCUT2D eigenvalue weighted by Crippen LogP contribution is -2.19. The molecule has 1 N–H and O–H groups in total. The Morgan fingerprint density at radius 2 is 2.17 bits per heavy atom. The van der Waals surface area contributed by atoms with Gasteiger partial charge in [-0.25, -0.2) is 4.39 Å². The summed E-state index contributed by atoms with van der Waals surface area (Å²) in [5, 5.41) is 9.94. The maximum atomic E-state index is 13.0. The van der Waals surface area contributed by atoms with E-state index in [2.05, 4.69) is 0 Å². The fourth-order valence-corrected chi connectivity index (χ4v) is 2.91. The van der Waals surface area contributed by atoms with E-state index in [0.29, 0.717) is 5.25 Å². The average Bonchev–Trinajstić information content (AvgIpc) is 2.40. The van der Waals surface area contributed by atoms with Crippen LogP contribution in [0.15, 0.2) is 18.2 Å². The van der Waals surface area contributed by atoms with Gasteiger partial charge in [0.2, 0.25) is 0 Å². The number of ether oxygens (including phenoxy) is 1. The van der Waals surface area contributed by atoms with Crippen molar-refractivity contribution in [2.24, 2.45) is 0 Å². The van der Waals surface area contributed by atoms with Crippen LogP contribution in [0.2, 0.25) is 0 Å². The van der Waals surface area contributed by atoms with Crippen LogP contribution < -0.4 is 0 Å². The van der Waals surface area contributed by atoms with E-state index in [1.807, 2.05) is 0 Å². The van der Waals surface area contributed by atoms with Gasteiger partial charge in [0.1, 0.15) is 11.6 Å². The summed E-state index contributed by atoms with van der Waals surface area (Å²) in [7, 11) is 0. The molecule has 5 heteroatoms. The highest BCUT2D eigenvalue weighted by molar-refractivity contribution is 8.00. The maximum absolute atomic E-state index is 13.0. The Labute approximate surface area is 109 Å². The van der Waals surface area contributed by atoms with Crippen LogP contribution in [0.5, 0.6) is 5.75 Å². The second-order valence-electron chi connectivity index (χ2n) is 4.21. The number of Topliss-reactive ketones (excluding diaryl/α,β-unsaturated/α-hetero) is 1. The fraction of sp³-hybridized carbons (Fsp3) is 0.462. The molecule has 0 amide bonds. The Kier molecular flexibility index (Phi) is 4.60. The van der Waals surface area contributed by atoms with Crippen molar-refractivity contribution < 1.29 is 19.0 Å². The molecule has 1 heterocycles. The quantitative estimate of drug-likeness (QED) is 0.854. The van der Waals surface area contributed by atoms with E-state index in [0.717, 1.165) is 38.2 Å². The Bertz CT molecular complexity index is 430. The minimum Gasteiger partial charge on any atom is -0.507 e. The molecular weight excluding hydrogens is 255 g/mol. The molecule has 1 aliphatic heterocycles. The fourth-order valence-electron chi connectivity index (χ4n) is 1.85. The number of carbonyl (C=O) groups excluding carboxylic acids is 1. The molecule has 2 rings (SSSR count). The summed E-state index contributed by atoms with van der Waals surface area (Å²) in [5.41, 5.74) is 0.0644. The van der Waals surface area contributed by atoms with Crippen LogP contribution in [0.3, 0.4) is 0 Å². The lowest BCUT2D eigenvalue weighted by atomic mass is 10.1. The number of aromatic hydroxyl groups is 1. The van der Waals surface area contributed by atoms with Gasteiger partial charge < -0.3 is 9.84 Å². The summed E-state index contributed by atoms with van der Waals surface area (Å²) in [6.45, 7) is 1.47. The highest BCUT2D eigenvalue weighted by Crippen LogP contribution is 2.25. The molecule has 0 spiro atoms. The van der Waals surface area contributed by atoms with Crippen LogP contribution in [0, 0.1) is 5.82 Å². The largest absolute Gasteiger partial charge is 0.507 e. The van der Waals surface area contributed by atoms with Gasteiger partial charge in [-0.05, 0) is 31.0 Å². The van der Waals surface area contributed by atoms with Crippen LogP contribution in [0.25, 0.3) is 0 Å². The van der Waals surface area contributed by atoms with Gasteiger partial charge in [-0.2, -0.15) is 11.8 Å². The summed E-state index contributed by atoms with van der Waals surface area (Å²) in [4.78, 5) is 11.9. The normalized spacial score (nSPS) is 16.7. The summed E-state index contributed by atoms with van der Waals surface area (Å²) < 4.78 is 18.3. The topological polar surface area (TPSA) is 46.5 Å². The second kappa shape index (κ2) is 6.20. The van der Waals surface area contributed by atoms with Crippen LogP contribution in [-0.4, -0.2) is 35.1 Å². The van der Waals surface area contributed by atoms with Gasteiger partial charge in [0.05, 0.1) is 11.3 Å². The van der Waals surface area contributed by atoms with Gasteiger partial charge in [0.15, 0.2) is 5.78 Å². The zero-order valence-electron chi connectivity index (χ0n) is 9.89. The van der Waals surface area contributed by atoms with Gasteiger partial charge >= 0.3 is 0 Å². The van der Waals surface area contributed by atoms with Crippen molar-refractivity contribution in [2.45, 2.75) is 18.1 Å². The van der Waals surface area contributed by atoms with Crippen molar-refractivity contribution in [1.82, 2.24) is 0 Å². The summed E-state index contributed by atoms with van der Waals surface area (Å²) in [6, 6.07) is 3.43. The molecule has 1 saturated heterocycles. The van der Waals surface area contributed by atoms with Crippen molar-refractivity contribution in [2.75, 3.05) is 19.0 Å². The number of carbonyl (C=O) groups is 1. The van der Waals surface area contributed by atoms with Crippen molar-refractivity contribution in [1.29, 1.82) is 0 Å². The summed E-state index contributed by atoms with van der Waals surface area (Å²) in [5.74, 6) is -0.633. The third-order valence-electron chi connectivity index (χ3n) is 2.88. The van der Waals surface area contributed by atoms with Crippen LogP contribution in [-0.2, 0) is 4.74 Å². The predicted molar refractivity (Wildman–Crippen MR) is 68.7 cm³/mol. The first-order chi connectivity index (χ1) is 8.66.